The Bertz CT molecular complexity index is 1250. The van der Waals surface area contributed by atoms with Crippen LogP contribution in [0.2, 0.25) is 0 Å². The van der Waals surface area contributed by atoms with Crippen LogP contribution in [-0.2, 0) is 27.4 Å². The molecule has 1 aromatic heterocycles. The smallest absolute Gasteiger partial charge is 0.372 e. The number of esters is 1. The van der Waals surface area contributed by atoms with Gasteiger partial charge in [0.15, 0.2) is 12.4 Å². The Kier molecular flexibility index (Phi) is 6.47. The lowest BCUT2D eigenvalue weighted by Gasteiger charge is -2.77. The number of ether oxygens (including phenoxy) is 2. The molecule has 5 saturated carbocycles. The standard InChI is InChI=1S/C37H56NO4/c1-32(2)16-18-37-19-17-35(6)25(30(37)31(32)42-37)10-11-27-34(5)14-13-28(33(3,4)26(34)12-15-36(27,35)7)41-29(40)22-38-20-8-9-24(21-38)23-39/h8-9,20-21,25-28,30-31,39H,10-19,22-23H2,1-7H3/q+1/t25?,26?,27?,28-,30?,31-,34-,35+,36+,37-/m0/s1. The van der Waals surface area contributed by atoms with Crippen molar-refractivity contribution in [1.82, 2.24) is 0 Å². The summed E-state index contributed by atoms with van der Waals surface area (Å²) in [6, 6.07) is 3.75. The van der Waals surface area contributed by atoms with Gasteiger partial charge in [0.1, 0.15) is 6.10 Å². The molecule has 0 amide bonds. The van der Waals surface area contributed by atoms with Crippen LogP contribution in [0.25, 0.3) is 0 Å². The average molecular weight is 579 g/mol. The summed E-state index contributed by atoms with van der Waals surface area (Å²) in [7, 11) is 0. The van der Waals surface area contributed by atoms with Crippen LogP contribution >= 0.6 is 0 Å². The Labute approximate surface area is 254 Å². The van der Waals surface area contributed by atoms with E-state index in [9.17, 15) is 9.90 Å². The number of aliphatic hydroxyl groups excluding tert-OH is 1. The molecule has 4 unspecified atom stereocenters. The van der Waals surface area contributed by atoms with Crippen molar-refractivity contribution in [3.63, 3.8) is 0 Å². The number of hydrogen-bond donors (Lipinski definition) is 1. The van der Waals surface area contributed by atoms with E-state index in [2.05, 4.69) is 48.5 Å². The molecule has 7 fully saturated rings. The van der Waals surface area contributed by atoms with Crippen molar-refractivity contribution in [2.24, 2.45) is 50.7 Å². The highest BCUT2D eigenvalue weighted by Crippen LogP contribution is 2.78. The first-order chi connectivity index (χ1) is 19.7. The van der Waals surface area contributed by atoms with Gasteiger partial charge in [-0.25, -0.2) is 4.79 Å². The number of nitrogens with zero attached hydrogens (tertiary/aromatic N) is 1. The Morgan fingerprint density at radius 2 is 1.69 bits per heavy atom. The quantitative estimate of drug-likeness (QED) is 0.308. The Morgan fingerprint density at radius 1 is 0.929 bits per heavy atom. The van der Waals surface area contributed by atoms with E-state index in [1.807, 2.05) is 29.1 Å². The van der Waals surface area contributed by atoms with Gasteiger partial charge in [-0.05, 0) is 110 Å². The highest BCUT2D eigenvalue weighted by atomic mass is 16.5. The lowest BCUT2D eigenvalue weighted by molar-refractivity contribution is -0.686. The molecule has 2 saturated heterocycles. The van der Waals surface area contributed by atoms with Crippen molar-refractivity contribution in [3.05, 3.63) is 30.1 Å². The highest BCUT2D eigenvalue weighted by molar-refractivity contribution is 5.68. The molecule has 7 aliphatic rings. The summed E-state index contributed by atoms with van der Waals surface area (Å²) in [4.78, 5) is 13.2. The first kappa shape index (κ1) is 29.3. The fraction of sp³-hybridized carbons (Fsp3) is 0.838. The molecular formula is C37H56NO4+. The molecule has 0 aromatic carbocycles. The summed E-state index contributed by atoms with van der Waals surface area (Å²) in [6.07, 6.45) is 16.7. The van der Waals surface area contributed by atoms with E-state index in [4.69, 9.17) is 9.47 Å². The summed E-state index contributed by atoms with van der Waals surface area (Å²) >= 11 is 0. The normalized spacial score (nSPS) is 48.0. The van der Waals surface area contributed by atoms with Crippen LogP contribution in [0.15, 0.2) is 24.5 Å². The summed E-state index contributed by atoms with van der Waals surface area (Å²) in [5.41, 5.74) is 2.25. The minimum absolute atomic E-state index is 0.0282. The topological polar surface area (TPSA) is 59.6 Å². The van der Waals surface area contributed by atoms with E-state index in [0.29, 0.717) is 28.3 Å². The fourth-order valence-corrected chi connectivity index (χ4v) is 12.9. The predicted octanol–water partition coefficient (Wildman–Crippen LogP) is 7.02. The van der Waals surface area contributed by atoms with Gasteiger partial charge in [0.05, 0.1) is 18.3 Å². The number of fused-ring (bicyclic) bond motifs is 7. The van der Waals surface area contributed by atoms with Crippen LogP contribution in [0.5, 0.6) is 0 Å². The summed E-state index contributed by atoms with van der Waals surface area (Å²) < 4.78 is 14.9. The molecular weight excluding hydrogens is 522 g/mol. The van der Waals surface area contributed by atoms with Gasteiger partial charge >= 0.3 is 5.97 Å². The summed E-state index contributed by atoms with van der Waals surface area (Å²) in [5, 5.41) is 9.49. The number of rotatable bonds is 4. The second-order valence-corrected chi connectivity index (χ2v) is 17.7. The summed E-state index contributed by atoms with van der Waals surface area (Å²) in [6.45, 7) is 17.9. The number of aliphatic hydroxyl groups is 1. The molecule has 5 nitrogen and oxygen atoms in total. The van der Waals surface area contributed by atoms with Crippen LogP contribution < -0.4 is 4.57 Å². The summed E-state index contributed by atoms with van der Waals surface area (Å²) in [5.74, 6) is 2.66. The highest BCUT2D eigenvalue weighted by Gasteiger charge is 2.75. The zero-order valence-corrected chi connectivity index (χ0v) is 27.4. The molecule has 232 valence electrons. The van der Waals surface area contributed by atoms with E-state index in [1.165, 1.54) is 51.4 Å². The third kappa shape index (κ3) is 3.80. The van der Waals surface area contributed by atoms with Crippen LogP contribution in [0.4, 0.5) is 0 Å². The zero-order valence-electron chi connectivity index (χ0n) is 27.4. The van der Waals surface area contributed by atoms with E-state index >= 15 is 0 Å². The lowest BCUT2D eigenvalue weighted by Crippen LogP contribution is -2.77. The third-order valence-electron chi connectivity index (χ3n) is 15.3. The number of carbonyl (C=O) groups is 1. The predicted molar refractivity (Wildman–Crippen MR) is 162 cm³/mol. The SMILES string of the molecule is CC1(C)CC[C@]23CC[C@]4(C)C(CCC5[C@@]6(C)CC[C@H](OC(=O)C[n+]7cccc(CO)c7)C(C)(C)C6CC[C@]54C)C2[C@@H]1O3. The lowest BCUT2D eigenvalue weighted by atomic mass is 9.31. The van der Waals surface area contributed by atoms with E-state index in [0.717, 1.165) is 36.2 Å². The van der Waals surface area contributed by atoms with Crippen molar-refractivity contribution >= 4 is 5.97 Å². The van der Waals surface area contributed by atoms with Gasteiger partial charge in [-0.15, -0.1) is 0 Å². The van der Waals surface area contributed by atoms with Crippen molar-refractivity contribution in [3.8, 4) is 0 Å². The van der Waals surface area contributed by atoms with Crippen LogP contribution in [-0.4, -0.2) is 28.9 Å². The monoisotopic (exact) mass is 578 g/mol. The van der Waals surface area contributed by atoms with E-state index in [-0.39, 0.29) is 41.7 Å². The molecule has 5 aliphatic carbocycles. The van der Waals surface area contributed by atoms with Gasteiger partial charge in [0.25, 0.3) is 0 Å². The van der Waals surface area contributed by atoms with Crippen molar-refractivity contribution in [2.75, 3.05) is 0 Å². The molecule has 5 heteroatoms. The maximum absolute atomic E-state index is 13.2. The Hall–Kier alpha value is -1.46. The molecule has 1 spiro atoms. The number of hydrogen-bond acceptors (Lipinski definition) is 4. The molecule has 10 atom stereocenters. The Morgan fingerprint density at radius 3 is 2.43 bits per heavy atom. The second-order valence-electron chi connectivity index (χ2n) is 17.7. The van der Waals surface area contributed by atoms with Crippen LogP contribution in [0, 0.1) is 50.7 Å². The van der Waals surface area contributed by atoms with E-state index < -0.39 is 0 Å². The largest absolute Gasteiger partial charge is 0.457 e. The van der Waals surface area contributed by atoms with Gasteiger partial charge in [-0.3, -0.25) is 0 Å². The number of carbonyl (C=O) groups excluding carboxylic acids is 1. The van der Waals surface area contributed by atoms with Gasteiger partial charge in [0.2, 0.25) is 6.54 Å². The first-order valence-electron chi connectivity index (χ1n) is 17.2. The van der Waals surface area contributed by atoms with Crippen molar-refractivity contribution in [2.45, 2.75) is 144 Å². The van der Waals surface area contributed by atoms with Gasteiger partial charge in [-0.2, -0.15) is 4.57 Å². The van der Waals surface area contributed by atoms with Crippen molar-refractivity contribution < 1.29 is 23.9 Å². The zero-order chi connectivity index (χ0) is 29.9. The molecule has 1 aromatic rings. The van der Waals surface area contributed by atoms with Crippen molar-refractivity contribution in [1.29, 1.82) is 0 Å². The minimum atomic E-state index is -0.169. The minimum Gasteiger partial charge on any atom is -0.457 e. The average Bonchev–Trinajstić information content (AvgIpc) is 2.91. The number of aromatic nitrogens is 1. The molecule has 0 radical (unpaired) electrons. The number of pyridine rings is 1. The van der Waals surface area contributed by atoms with Gasteiger partial charge < -0.3 is 14.6 Å². The molecule has 3 heterocycles. The second kappa shape index (κ2) is 9.28. The van der Waals surface area contributed by atoms with Gasteiger partial charge in [-0.1, -0.05) is 48.5 Å². The van der Waals surface area contributed by atoms with Crippen LogP contribution in [0.1, 0.15) is 118 Å². The molecule has 1 N–H and O–H groups in total. The Balaban J connectivity index is 1.11. The maximum atomic E-state index is 13.2. The first-order valence-corrected chi connectivity index (χ1v) is 17.2. The van der Waals surface area contributed by atoms with E-state index in [1.54, 1.807) is 0 Å². The molecule has 8 rings (SSSR count). The fourth-order valence-electron chi connectivity index (χ4n) is 12.9. The maximum Gasteiger partial charge on any atom is 0.372 e. The molecule has 42 heavy (non-hydrogen) atoms. The van der Waals surface area contributed by atoms with Crippen LogP contribution in [0.3, 0.4) is 0 Å². The molecule has 2 bridgehead atoms. The molecule has 2 aliphatic heterocycles. The van der Waals surface area contributed by atoms with Gasteiger partial charge in [0, 0.05) is 23.0 Å². The third-order valence-corrected chi connectivity index (χ3v) is 15.3.